The van der Waals surface area contributed by atoms with Gasteiger partial charge in [-0.2, -0.15) is 0 Å². The van der Waals surface area contributed by atoms with Crippen molar-refractivity contribution in [3.8, 4) is 0 Å². The van der Waals surface area contributed by atoms with Gasteiger partial charge in [-0.15, -0.1) is 0 Å². The highest BCUT2D eigenvalue weighted by atomic mass is 16.6. The first-order chi connectivity index (χ1) is 5.99. The maximum Gasteiger partial charge on any atom is 0.159 e. The number of hydrogen-bond donors (Lipinski definition) is 2. The fraction of sp³-hybridized carbons (Fsp3) is 0.889. The first kappa shape index (κ1) is 10.5. The summed E-state index contributed by atoms with van der Waals surface area (Å²) in [6, 6.07) is 0. The molecule has 4 heteroatoms. The SMILES string of the molecule is CC(C)(C)NC[C@H](O)C1CC=NO1. The first-order valence-electron chi connectivity index (χ1n) is 4.60. The summed E-state index contributed by atoms with van der Waals surface area (Å²) in [4.78, 5) is 4.96. The van der Waals surface area contributed by atoms with Gasteiger partial charge in [0.25, 0.3) is 0 Å². The van der Waals surface area contributed by atoms with Crippen LogP contribution in [0.15, 0.2) is 5.16 Å². The molecule has 0 aromatic rings. The molecule has 0 fully saturated rings. The highest BCUT2D eigenvalue weighted by molar-refractivity contribution is 5.58. The molecular formula is C9H18N2O2. The Morgan fingerprint density at radius 2 is 2.38 bits per heavy atom. The van der Waals surface area contributed by atoms with Crippen LogP contribution in [0.3, 0.4) is 0 Å². The molecule has 2 atom stereocenters. The van der Waals surface area contributed by atoms with Crippen LogP contribution in [-0.4, -0.2) is 35.6 Å². The molecule has 0 saturated carbocycles. The molecule has 0 aromatic carbocycles. The monoisotopic (exact) mass is 186 g/mol. The van der Waals surface area contributed by atoms with Crippen LogP contribution in [0.25, 0.3) is 0 Å². The van der Waals surface area contributed by atoms with Crippen molar-refractivity contribution >= 4 is 6.21 Å². The lowest BCUT2D eigenvalue weighted by Crippen LogP contribution is -2.44. The molecule has 1 unspecified atom stereocenters. The zero-order valence-electron chi connectivity index (χ0n) is 8.45. The van der Waals surface area contributed by atoms with Crippen LogP contribution >= 0.6 is 0 Å². The Bertz CT molecular complexity index is 179. The molecule has 1 heterocycles. The fourth-order valence-electron chi connectivity index (χ4n) is 1.08. The summed E-state index contributed by atoms with van der Waals surface area (Å²) in [6.07, 6.45) is 1.73. The maximum absolute atomic E-state index is 9.64. The summed E-state index contributed by atoms with van der Waals surface area (Å²) in [5.74, 6) is 0. The molecule has 13 heavy (non-hydrogen) atoms. The van der Waals surface area contributed by atoms with E-state index >= 15 is 0 Å². The Morgan fingerprint density at radius 3 is 2.85 bits per heavy atom. The van der Waals surface area contributed by atoms with Crippen LogP contribution < -0.4 is 5.32 Å². The number of aliphatic hydroxyl groups is 1. The summed E-state index contributed by atoms with van der Waals surface area (Å²) in [5.41, 5.74) is 0.0282. The summed E-state index contributed by atoms with van der Waals surface area (Å²) in [6.45, 7) is 6.72. The van der Waals surface area contributed by atoms with Crippen molar-refractivity contribution in [3.05, 3.63) is 0 Å². The van der Waals surface area contributed by atoms with Crippen LogP contribution in [0.1, 0.15) is 27.2 Å². The van der Waals surface area contributed by atoms with Gasteiger partial charge in [0.15, 0.2) is 6.10 Å². The predicted octanol–water partition coefficient (Wildman–Crippen LogP) is 0.510. The summed E-state index contributed by atoms with van der Waals surface area (Å²) >= 11 is 0. The van der Waals surface area contributed by atoms with Crippen molar-refractivity contribution in [2.24, 2.45) is 5.16 Å². The normalized spacial score (nSPS) is 24.5. The minimum Gasteiger partial charge on any atom is -0.390 e. The van der Waals surface area contributed by atoms with E-state index in [4.69, 9.17) is 4.84 Å². The zero-order valence-corrected chi connectivity index (χ0v) is 8.45. The van der Waals surface area contributed by atoms with Crippen molar-refractivity contribution in [2.75, 3.05) is 6.54 Å². The second-order valence-corrected chi connectivity index (χ2v) is 4.37. The third-order valence-electron chi connectivity index (χ3n) is 1.88. The highest BCUT2D eigenvalue weighted by Gasteiger charge is 2.24. The number of aliphatic hydroxyl groups excluding tert-OH is 1. The molecule has 0 aliphatic carbocycles. The quantitative estimate of drug-likeness (QED) is 0.675. The molecule has 0 aromatic heterocycles. The van der Waals surface area contributed by atoms with Gasteiger partial charge < -0.3 is 15.3 Å². The van der Waals surface area contributed by atoms with E-state index in [1.807, 2.05) is 0 Å². The third-order valence-corrected chi connectivity index (χ3v) is 1.88. The van der Waals surface area contributed by atoms with E-state index in [9.17, 15) is 5.11 Å². The Balaban J connectivity index is 2.21. The topological polar surface area (TPSA) is 53.8 Å². The van der Waals surface area contributed by atoms with Gasteiger partial charge >= 0.3 is 0 Å². The standard InChI is InChI=1S/C9H18N2O2/c1-9(2,3)10-6-7(12)8-4-5-11-13-8/h5,7-8,10,12H,4,6H2,1-3H3/t7-,8?/m0/s1. The molecule has 76 valence electrons. The minimum absolute atomic E-state index is 0.0282. The zero-order chi connectivity index (χ0) is 9.90. The molecule has 0 bridgehead atoms. The Hall–Kier alpha value is -0.610. The number of hydrogen-bond acceptors (Lipinski definition) is 4. The molecule has 0 saturated heterocycles. The third kappa shape index (κ3) is 3.74. The number of nitrogens with one attached hydrogen (secondary N) is 1. The molecule has 0 spiro atoms. The van der Waals surface area contributed by atoms with Gasteiger partial charge in [0.05, 0.1) is 0 Å². The molecular weight excluding hydrogens is 168 g/mol. The fourth-order valence-corrected chi connectivity index (χ4v) is 1.08. The van der Waals surface area contributed by atoms with Crippen LogP contribution in [0.2, 0.25) is 0 Å². The molecule has 0 radical (unpaired) electrons. The minimum atomic E-state index is -0.485. The van der Waals surface area contributed by atoms with Gasteiger partial charge in [-0.3, -0.25) is 0 Å². The molecule has 4 nitrogen and oxygen atoms in total. The number of β-amino-alcohol motifs (C(OH)–C–C–N with tert-alkyl or cyclic N) is 1. The van der Waals surface area contributed by atoms with E-state index < -0.39 is 6.10 Å². The lowest BCUT2D eigenvalue weighted by Gasteiger charge is -2.24. The van der Waals surface area contributed by atoms with E-state index in [1.54, 1.807) is 6.21 Å². The molecule has 0 amide bonds. The van der Waals surface area contributed by atoms with Crippen LogP contribution in [0.4, 0.5) is 0 Å². The number of rotatable bonds is 3. The predicted molar refractivity (Wildman–Crippen MR) is 51.7 cm³/mol. The van der Waals surface area contributed by atoms with E-state index in [2.05, 4.69) is 31.2 Å². The van der Waals surface area contributed by atoms with Crippen molar-refractivity contribution in [1.82, 2.24) is 5.32 Å². The highest BCUT2D eigenvalue weighted by Crippen LogP contribution is 2.10. The van der Waals surface area contributed by atoms with Gasteiger partial charge in [0, 0.05) is 24.7 Å². The Kier molecular flexibility index (Phi) is 3.27. The molecule has 2 N–H and O–H groups in total. The van der Waals surface area contributed by atoms with Gasteiger partial charge in [-0.25, -0.2) is 0 Å². The lowest BCUT2D eigenvalue weighted by atomic mass is 10.1. The van der Waals surface area contributed by atoms with Gasteiger partial charge in [0.2, 0.25) is 0 Å². The van der Waals surface area contributed by atoms with Gasteiger partial charge in [0.1, 0.15) is 6.10 Å². The summed E-state index contributed by atoms with van der Waals surface area (Å²) < 4.78 is 0. The van der Waals surface area contributed by atoms with Crippen LogP contribution in [0.5, 0.6) is 0 Å². The smallest absolute Gasteiger partial charge is 0.159 e. The number of nitrogens with zero attached hydrogens (tertiary/aromatic N) is 1. The van der Waals surface area contributed by atoms with E-state index in [-0.39, 0.29) is 11.6 Å². The largest absolute Gasteiger partial charge is 0.390 e. The van der Waals surface area contributed by atoms with Gasteiger partial charge in [-0.1, -0.05) is 5.16 Å². The maximum atomic E-state index is 9.64. The van der Waals surface area contributed by atoms with E-state index in [1.165, 1.54) is 0 Å². The Morgan fingerprint density at radius 1 is 1.69 bits per heavy atom. The second-order valence-electron chi connectivity index (χ2n) is 4.37. The first-order valence-corrected chi connectivity index (χ1v) is 4.60. The van der Waals surface area contributed by atoms with Crippen molar-refractivity contribution < 1.29 is 9.94 Å². The van der Waals surface area contributed by atoms with Gasteiger partial charge in [-0.05, 0) is 20.8 Å². The molecule has 1 aliphatic rings. The summed E-state index contributed by atoms with van der Waals surface area (Å²) in [5, 5.41) is 16.5. The second kappa shape index (κ2) is 4.07. The van der Waals surface area contributed by atoms with Crippen molar-refractivity contribution in [3.63, 3.8) is 0 Å². The lowest BCUT2D eigenvalue weighted by molar-refractivity contribution is -0.0181. The summed E-state index contributed by atoms with van der Waals surface area (Å²) in [7, 11) is 0. The van der Waals surface area contributed by atoms with E-state index in [0.29, 0.717) is 13.0 Å². The average Bonchev–Trinajstić information content (AvgIpc) is 2.50. The molecule has 1 rings (SSSR count). The van der Waals surface area contributed by atoms with Crippen LogP contribution in [0, 0.1) is 0 Å². The van der Waals surface area contributed by atoms with Crippen molar-refractivity contribution in [1.29, 1.82) is 0 Å². The van der Waals surface area contributed by atoms with Crippen LogP contribution in [-0.2, 0) is 4.84 Å². The van der Waals surface area contributed by atoms with E-state index in [0.717, 1.165) is 0 Å². The Labute approximate surface area is 79.0 Å². The molecule has 1 aliphatic heterocycles. The average molecular weight is 186 g/mol. The van der Waals surface area contributed by atoms with Crippen molar-refractivity contribution in [2.45, 2.75) is 44.9 Å². The number of oxime groups is 1.